The van der Waals surface area contributed by atoms with E-state index in [-0.39, 0.29) is 29.0 Å². The van der Waals surface area contributed by atoms with Gasteiger partial charge < -0.3 is 4.74 Å². The van der Waals surface area contributed by atoms with E-state index in [2.05, 4.69) is 98.8 Å². The summed E-state index contributed by atoms with van der Waals surface area (Å²) < 4.78 is 12.6. The van der Waals surface area contributed by atoms with Crippen LogP contribution in [0.15, 0.2) is 224 Å². The second-order valence-electron chi connectivity index (χ2n) is 18.5. The fourth-order valence-electron chi connectivity index (χ4n) is 10.1. The molecule has 0 saturated carbocycles. The first kappa shape index (κ1) is 44.8. The number of amides is 3. The van der Waals surface area contributed by atoms with Gasteiger partial charge in [0.15, 0.2) is 0 Å². The average Bonchev–Trinajstić information content (AvgIpc) is 3.80. The zero-order chi connectivity index (χ0) is 48.9. The maximum atomic E-state index is 14.2. The SMILES string of the molecule is Cc1cccc(N2C(=O)c3ccc(Oc4ccc(C(C)(C)c5ccc(Oc6ccc7c(c6)C(=N)N(c6cccc([PH](c8ccccc8)(c8ccccc8)c8ccccc8)c6)C7=O)cc5)cc4)cc3C2=O)c1. The van der Waals surface area contributed by atoms with E-state index in [0.29, 0.717) is 56.6 Å². The summed E-state index contributed by atoms with van der Waals surface area (Å²) in [6, 6.07) is 73.5. The van der Waals surface area contributed by atoms with Gasteiger partial charge in [-0.05, 0) is 66.1 Å². The topological polar surface area (TPSA) is 100 Å². The molecule has 9 heteroatoms. The molecule has 0 aromatic heterocycles. The minimum Gasteiger partial charge on any atom is -0.268 e. The molecule has 2 aliphatic rings. The van der Waals surface area contributed by atoms with Gasteiger partial charge >= 0.3 is 246 Å². The molecular formula is C62H48N3O5P. The number of carbonyl (C=O) groups is 3. The van der Waals surface area contributed by atoms with Gasteiger partial charge in [0.1, 0.15) is 11.5 Å². The molecule has 0 unspecified atom stereocenters. The zero-order valence-corrected chi connectivity index (χ0v) is 40.3. The summed E-state index contributed by atoms with van der Waals surface area (Å²) in [5.74, 6) is 1.31. The fraction of sp³-hybridized carbons (Fsp3) is 0.0645. The molecular weight excluding hydrogens is 898 g/mol. The summed E-state index contributed by atoms with van der Waals surface area (Å²) in [6.45, 7) is 6.23. The smallest absolute Gasteiger partial charge is 0.268 e. The number of amidine groups is 1. The molecule has 71 heavy (non-hydrogen) atoms. The molecule has 11 rings (SSSR count). The van der Waals surface area contributed by atoms with E-state index in [1.807, 2.05) is 104 Å². The van der Waals surface area contributed by atoms with E-state index >= 15 is 0 Å². The van der Waals surface area contributed by atoms with Crippen molar-refractivity contribution in [3.8, 4) is 23.0 Å². The summed E-state index contributed by atoms with van der Waals surface area (Å²) in [7, 11) is -2.88. The van der Waals surface area contributed by atoms with Crippen molar-refractivity contribution in [1.82, 2.24) is 0 Å². The Morgan fingerprint density at radius 1 is 0.394 bits per heavy atom. The summed E-state index contributed by atoms with van der Waals surface area (Å²) in [6.07, 6.45) is 0. The van der Waals surface area contributed by atoms with Crippen molar-refractivity contribution < 1.29 is 23.9 Å². The quantitative estimate of drug-likeness (QED) is 0.0971. The molecule has 2 heterocycles. The van der Waals surface area contributed by atoms with Crippen molar-refractivity contribution in [3.63, 3.8) is 0 Å². The minimum absolute atomic E-state index is 0.0941. The molecule has 0 atom stereocenters. The predicted molar refractivity (Wildman–Crippen MR) is 287 cm³/mol. The second-order valence-corrected chi connectivity index (χ2v) is 22.3. The first-order chi connectivity index (χ1) is 34.5. The van der Waals surface area contributed by atoms with Gasteiger partial charge in [-0.15, -0.1) is 0 Å². The normalized spacial score (nSPS) is 13.6. The van der Waals surface area contributed by atoms with Gasteiger partial charge in [0, 0.05) is 5.41 Å². The molecule has 0 aliphatic carbocycles. The molecule has 1 N–H and O–H groups in total. The molecule has 9 aromatic rings. The number of nitrogens with one attached hydrogen (secondary N) is 1. The van der Waals surface area contributed by atoms with Crippen LogP contribution in [0, 0.1) is 12.3 Å². The van der Waals surface area contributed by atoms with E-state index in [4.69, 9.17) is 9.47 Å². The Kier molecular flexibility index (Phi) is 11.3. The molecule has 0 saturated heterocycles. The van der Waals surface area contributed by atoms with Crippen LogP contribution < -0.4 is 40.5 Å². The molecule has 0 radical (unpaired) electrons. The number of carbonyl (C=O) groups excluding carboxylic acids is 3. The molecule has 0 fully saturated rings. The number of rotatable bonds is 12. The van der Waals surface area contributed by atoms with Crippen LogP contribution in [-0.2, 0) is 5.41 Å². The number of nitrogens with zero attached hydrogens (tertiary/aromatic N) is 2. The third kappa shape index (κ3) is 7.89. The van der Waals surface area contributed by atoms with Crippen LogP contribution in [0.1, 0.15) is 67.2 Å². The minimum atomic E-state index is -2.88. The van der Waals surface area contributed by atoms with Gasteiger partial charge in [0.25, 0.3) is 11.8 Å². The first-order valence-corrected chi connectivity index (χ1v) is 25.5. The Morgan fingerprint density at radius 2 is 0.803 bits per heavy atom. The van der Waals surface area contributed by atoms with Crippen molar-refractivity contribution in [2.75, 3.05) is 9.80 Å². The van der Waals surface area contributed by atoms with Gasteiger partial charge in [0.2, 0.25) is 0 Å². The van der Waals surface area contributed by atoms with E-state index < -0.39 is 7.26 Å². The van der Waals surface area contributed by atoms with Gasteiger partial charge in [-0.3, -0.25) is 9.59 Å². The number of fused-ring (bicyclic) bond motifs is 2. The number of imide groups is 1. The molecule has 0 spiro atoms. The van der Waals surface area contributed by atoms with Crippen molar-refractivity contribution in [2.45, 2.75) is 26.2 Å². The summed E-state index contributed by atoms with van der Waals surface area (Å²) in [5.41, 5.74) is 5.49. The number of hydrogen-bond acceptors (Lipinski definition) is 6. The molecule has 9 aromatic carbocycles. The molecule has 0 bridgehead atoms. The van der Waals surface area contributed by atoms with Crippen LogP contribution in [0.2, 0.25) is 0 Å². The van der Waals surface area contributed by atoms with Crippen LogP contribution in [-0.4, -0.2) is 23.6 Å². The number of ether oxygens (including phenoxy) is 2. The molecule has 8 nitrogen and oxygen atoms in total. The van der Waals surface area contributed by atoms with E-state index in [1.54, 1.807) is 42.5 Å². The van der Waals surface area contributed by atoms with E-state index in [1.165, 1.54) is 25.7 Å². The van der Waals surface area contributed by atoms with E-state index in [9.17, 15) is 19.8 Å². The number of aryl methyl sites for hydroxylation is 1. The zero-order valence-electron chi connectivity index (χ0n) is 39.3. The maximum absolute atomic E-state index is 14.2. The Labute approximate surface area is 413 Å². The molecule has 2 aliphatic heterocycles. The van der Waals surface area contributed by atoms with Gasteiger partial charge in [-0.2, -0.15) is 0 Å². The van der Waals surface area contributed by atoms with Crippen LogP contribution in [0.3, 0.4) is 0 Å². The average molecular weight is 946 g/mol. The third-order valence-electron chi connectivity index (χ3n) is 13.8. The van der Waals surface area contributed by atoms with Gasteiger partial charge in [0.05, 0.1) is 16.8 Å². The second kappa shape index (κ2) is 18.0. The monoisotopic (exact) mass is 945 g/mol. The Morgan fingerprint density at radius 3 is 1.31 bits per heavy atom. The number of anilines is 2. The Balaban J connectivity index is 0.794. The van der Waals surface area contributed by atoms with Crippen LogP contribution in [0.5, 0.6) is 23.0 Å². The van der Waals surface area contributed by atoms with Gasteiger partial charge in [-0.1, -0.05) is 38.1 Å². The van der Waals surface area contributed by atoms with Gasteiger partial charge in [-0.25, -0.2) is 4.90 Å². The van der Waals surface area contributed by atoms with Crippen molar-refractivity contribution in [1.29, 1.82) is 5.41 Å². The van der Waals surface area contributed by atoms with Crippen LogP contribution >= 0.6 is 7.26 Å². The Bertz CT molecular complexity index is 3450. The van der Waals surface area contributed by atoms with Crippen LogP contribution in [0.25, 0.3) is 0 Å². The Hall–Kier alpha value is -8.71. The summed E-state index contributed by atoms with van der Waals surface area (Å²) in [4.78, 5) is 43.6. The number of benzene rings is 9. The molecule has 346 valence electrons. The standard InChI is InChI=1S/C62H48N3O5P/c1-41-15-13-16-44(37-41)65-60(67)55-36-34-49(40-57(55)61(65)68)70-47-31-27-43(28-32-47)62(2,3)42-25-29-46(30-26-42)69-48-33-35-54-56(39-48)58(63)64(59(54)66)45-17-14-24-53(38-45)71(50-18-7-4-8-19-50,51-20-9-5-10-21-51)52-22-11-6-12-23-52/h4-40,63,71H,1-3H3. The van der Waals surface area contributed by atoms with E-state index in [0.717, 1.165) is 22.0 Å². The van der Waals surface area contributed by atoms with Crippen molar-refractivity contribution in [3.05, 3.63) is 263 Å². The molecule has 3 amide bonds. The summed E-state index contributed by atoms with van der Waals surface area (Å²) >= 11 is 0. The third-order valence-corrected chi connectivity index (χ3v) is 18.6. The predicted octanol–water partition coefficient (Wildman–Crippen LogP) is 12.0. The van der Waals surface area contributed by atoms with Crippen molar-refractivity contribution >= 4 is 63.4 Å². The summed E-state index contributed by atoms with van der Waals surface area (Å²) in [5, 5.41) is 14.2. The first-order valence-electron chi connectivity index (χ1n) is 23.5. The number of hydrogen-bond donors (Lipinski definition) is 1. The fourth-order valence-corrected chi connectivity index (χ4v) is 14.9. The van der Waals surface area contributed by atoms with Crippen LogP contribution in [0.4, 0.5) is 11.4 Å². The van der Waals surface area contributed by atoms with Crippen molar-refractivity contribution in [2.24, 2.45) is 0 Å².